The van der Waals surface area contributed by atoms with Gasteiger partial charge in [-0.2, -0.15) is 0 Å². The average molecular weight is 193 g/mol. The van der Waals surface area contributed by atoms with E-state index >= 15 is 0 Å². The van der Waals surface area contributed by atoms with Crippen LogP contribution in [0.1, 0.15) is 20.9 Å². The van der Waals surface area contributed by atoms with Crippen molar-refractivity contribution in [3.63, 3.8) is 0 Å². The van der Waals surface area contributed by atoms with Gasteiger partial charge in [-0.3, -0.25) is 4.79 Å². The summed E-state index contributed by atoms with van der Waals surface area (Å²) in [7, 11) is 0. The highest BCUT2D eigenvalue weighted by Crippen LogP contribution is 2.07. The Hall–Kier alpha value is -2.22. The maximum absolute atomic E-state index is 11.1. The molecule has 0 aliphatic carbocycles. The largest absolute Gasteiger partial charge is 0.478 e. The zero-order valence-electron chi connectivity index (χ0n) is 7.11. The third-order valence-corrected chi connectivity index (χ3v) is 1.42. The van der Waals surface area contributed by atoms with Crippen molar-refractivity contribution in [3.8, 4) is 12.3 Å². The summed E-state index contributed by atoms with van der Waals surface area (Å²) in [5.41, 5.74) is -0.0733. The van der Waals surface area contributed by atoms with E-state index in [4.69, 9.17) is 15.9 Å². The third kappa shape index (κ3) is 2.14. The zero-order valence-corrected chi connectivity index (χ0v) is 7.11. The summed E-state index contributed by atoms with van der Waals surface area (Å²) in [5, 5.41) is 10.9. The van der Waals surface area contributed by atoms with Crippen molar-refractivity contribution in [2.24, 2.45) is 0 Å². The molecule has 1 aromatic heterocycles. The van der Waals surface area contributed by atoms with Crippen LogP contribution in [0.15, 0.2) is 16.7 Å². The van der Waals surface area contributed by atoms with Crippen molar-refractivity contribution in [3.05, 3.63) is 23.7 Å². The number of carbonyl (C=O) groups is 2. The highest BCUT2D eigenvalue weighted by molar-refractivity contribution is 5.95. The first-order chi connectivity index (χ1) is 6.65. The van der Waals surface area contributed by atoms with Gasteiger partial charge in [-0.25, -0.2) is 4.79 Å². The number of carboxylic acid groups (broad SMARTS) is 1. The second-order valence-corrected chi connectivity index (χ2v) is 2.39. The van der Waals surface area contributed by atoms with Crippen LogP contribution in [-0.2, 0) is 0 Å². The van der Waals surface area contributed by atoms with E-state index in [9.17, 15) is 9.59 Å². The fourth-order valence-electron chi connectivity index (χ4n) is 0.786. The molecule has 0 saturated heterocycles. The van der Waals surface area contributed by atoms with Gasteiger partial charge in [-0.15, -0.1) is 6.42 Å². The normalized spacial score (nSPS) is 9.07. The van der Waals surface area contributed by atoms with Crippen LogP contribution in [0.4, 0.5) is 0 Å². The van der Waals surface area contributed by atoms with Gasteiger partial charge in [-0.05, 0) is 0 Å². The van der Waals surface area contributed by atoms with Gasteiger partial charge in [0, 0.05) is 6.07 Å². The highest BCUT2D eigenvalue weighted by Gasteiger charge is 2.13. The molecule has 1 heterocycles. The number of amides is 1. The molecule has 0 atom stereocenters. The van der Waals surface area contributed by atoms with Crippen LogP contribution >= 0.6 is 0 Å². The van der Waals surface area contributed by atoms with Crippen molar-refractivity contribution < 1.29 is 19.1 Å². The molecule has 0 aliphatic heterocycles. The molecule has 0 bridgehead atoms. The van der Waals surface area contributed by atoms with Crippen molar-refractivity contribution in [2.45, 2.75) is 0 Å². The number of furan rings is 1. The second-order valence-electron chi connectivity index (χ2n) is 2.39. The first kappa shape index (κ1) is 9.86. The molecule has 0 fully saturated rings. The molecule has 0 spiro atoms. The lowest BCUT2D eigenvalue weighted by Gasteiger charge is -1.95. The number of nitrogens with one attached hydrogen (secondary N) is 1. The lowest BCUT2D eigenvalue weighted by atomic mass is 10.3. The molecule has 72 valence electrons. The van der Waals surface area contributed by atoms with Crippen molar-refractivity contribution in [1.29, 1.82) is 0 Å². The Kier molecular flexibility index (Phi) is 2.92. The minimum Gasteiger partial charge on any atom is -0.478 e. The molecule has 5 nitrogen and oxygen atoms in total. The maximum Gasteiger partial charge on any atom is 0.338 e. The molecule has 0 aromatic carbocycles. The second kappa shape index (κ2) is 4.14. The van der Waals surface area contributed by atoms with Crippen LogP contribution in [-0.4, -0.2) is 23.5 Å². The van der Waals surface area contributed by atoms with Gasteiger partial charge in [0.05, 0.1) is 12.1 Å². The number of hydrogen-bond donors (Lipinski definition) is 2. The molecular formula is C9H7NO4. The maximum atomic E-state index is 11.1. The Bertz CT molecular complexity index is 399. The minimum atomic E-state index is -1.15. The van der Waals surface area contributed by atoms with Crippen LogP contribution in [0.2, 0.25) is 0 Å². The van der Waals surface area contributed by atoms with E-state index in [2.05, 4.69) is 11.2 Å². The Morgan fingerprint density at radius 2 is 2.36 bits per heavy atom. The van der Waals surface area contributed by atoms with Gasteiger partial charge in [0.2, 0.25) is 0 Å². The predicted octanol–water partition coefficient (Wildman–Crippen LogP) is 0.341. The number of rotatable bonds is 3. The predicted molar refractivity (Wildman–Crippen MR) is 46.8 cm³/mol. The van der Waals surface area contributed by atoms with Gasteiger partial charge < -0.3 is 14.8 Å². The first-order valence-electron chi connectivity index (χ1n) is 3.68. The van der Waals surface area contributed by atoms with Crippen LogP contribution in [0.5, 0.6) is 0 Å². The first-order valence-corrected chi connectivity index (χ1v) is 3.68. The molecule has 0 aliphatic rings. The lowest BCUT2D eigenvalue weighted by molar-refractivity contribution is 0.0696. The number of carboxylic acids is 1. The molecule has 0 saturated carbocycles. The van der Waals surface area contributed by atoms with Crippen molar-refractivity contribution in [2.75, 3.05) is 6.54 Å². The van der Waals surface area contributed by atoms with Gasteiger partial charge in [-0.1, -0.05) is 5.92 Å². The summed E-state index contributed by atoms with van der Waals surface area (Å²) < 4.78 is 4.72. The average Bonchev–Trinajstić information content (AvgIpc) is 2.62. The number of aromatic carboxylic acids is 1. The summed E-state index contributed by atoms with van der Waals surface area (Å²) in [5.74, 6) is 0.456. The molecule has 1 rings (SSSR count). The third-order valence-electron chi connectivity index (χ3n) is 1.42. The number of hydrogen-bond acceptors (Lipinski definition) is 3. The SMILES string of the molecule is C#CCNC(=O)c1cc(C(=O)O)co1. The standard InChI is InChI=1S/C9H7NO4/c1-2-3-10-8(11)7-4-6(5-14-7)9(12)13/h1,4-5H,3H2,(H,10,11)(H,12,13). The van der Waals surface area contributed by atoms with Crippen LogP contribution in [0, 0.1) is 12.3 Å². The molecule has 1 aromatic rings. The van der Waals surface area contributed by atoms with E-state index in [1.54, 1.807) is 0 Å². The molecule has 0 radical (unpaired) electrons. The summed E-state index contributed by atoms with van der Waals surface area (Å²) in [6, 6.07) is 1.13. The van der Waals surface area contributed by atoms with Crippen molar-refractivity contribution >= 4 is 11.9 Å². The fourth-order valence-corrected chi connectivity index (χ4v) is 0.786. The molecule has 0 unspecified atom stereocenters. The summed E-state index contributed by atoms with van der Waals surface area (Å²) in [4.78, 5) is 21.6. The van der Waals surface area contributed by atoms with E-state index in [1.165, 1.54) is 0 Å². The van der Waals surface area contributed by atoms with Gasteiger partial charge in [0.25, 0.3) is 5.91 Å². The Labute approximate surface area is 79.7 Å². The monoisotopic (exact) mass is 193 g/mol. The van der Waals surface area contributed by atoms with E-state index in [0.29, 0.717) is 0 Å². The molecule has 5 heteroatoms. The van der Waals surface area contributed by atoms with Crippen LogP contribution < -0.4 is 5.32 Å². The zero-order chi connectivity index (χ0) is 10.6. The Balaban J connectivity index is 2.72. The van der Waals surface area contributed by atoms with Crippen LogP contribution in [0.25, 0.3) is 0 Å². The molecule has 14 heavy (non-hydrogen) atoms. The van der Waals surface area contributed by atoms with E-state index in [0.717, 1.165) is 12.3 Å². The van der Waals surface area contributed by atoms with Gasteiger partial charge >= 0.3 is 5.97 Å². The Morgan fingerprint density at radius 3 is 2.86 bits per heavy atom. The highest BCUT2D eigenvalue weighted by atomic mass is 16.4. The van der Waals surface area contributed by atoms with E-state index in [1.807, 2.05) is 0 Å². The summed E-state index contributed by atoms with van der Waals surface area (Å²) in [6.07, 6.45) is 5.91. The molecular weight excluding hydrogens is 186 g/mol. The van der Waals surface area contributed by atoms with Gasteiger partial charge in [0.15, 0.2) is 5.76 Å². The molecule has 1 amide bonds. The fraction of sp³-hybridized carbons (Fsp3) is 0.111. The van der Waals surface area contributed by atoms with E-state index < -0.39 is 11.9 Å². The Morgan fingerprint density at radius 1 is 1.64 bits per heavy atom. The van der Waals surface area contributed by atoms with E-state index in [-0.39, 0.29) is 17.9 Å². The van der Waals surface area contributed by atoms with Gasteiger partial charge in [0.1, 0.15) is 6.26 Å². The number of carbonyl (C=O) groups excluding carboxylic acids is 1. The lowest BCUT2D eigenvalue weighted by Crippen LogP contribution is -2.22. The topological polar surface area (TPSA) is 79.5 Å². The van der Waals surface area contributed by atoms with Crippen molar-refractivity contribution in [1.82, 2.24) is 5.32 Å². The van der Waals surface area contributed by atoms with Crippen LogP contribution in [0.3, 0.4) is 0 Å². The smallest absolute Gasteiger partial charge is 0.338 e. The molecule has 2 N–H and O–H groups in total. The number of terminal acetylenes is 1. The minimum absolute atomic E-state index is 0.0714. The summed E-state index contributed by atoms with van der Waals surface area (Å²) >= 11 is 0. The quantitative estimate of drug-likeness (QED) is 0.678. The summed E-state index contributed by atoms with van der Waals surface area (Å²) in [6.45, 7) is 0.0714.